The fourth-order valence-corrected chi connectivity index (χ4v) is 2.19. The monoisotopic (exact) mass is 221 g/mol. The summed E-state index contributed by atoms with van der Waals surface area (Å²) in [6.07, 6.45) is 2.99. The van der Waals surface area contributed by atoms with Gasteiger partial charge in [-0.1, -0.05) is 6.42 Å². The highest BCUT2D eigenvalue weighted by Crippen LogP contribution is 2.26. The van der Waals surface area contributed by atoms with Gasteiger partial charge in [-0.25, -0.2) is 0 Å². The SMILES string of the molecule is Nc1ccc(NCC2CCCC2O)cc1N. The molecule has 6 N–H and O–H groups in total. The molecule has 88 valence electrons. The highest BCUT2D eigenvalue weighted by atomic mass is 16.3. The minimum Gasteiger partial charge on any atom is -0.397 e. The predicted molar refractivity (Wildman–Crippen MR) is 67.1 cm³/mol. The van der Waals surface area contributed by atoms with Gasteiger partial charge in [0.2, 0.25) is 0 Å². The normalized spacial score (nSPS) is 24.6. The molecule has 2 rings (SSSR count). The van der Waals surface area contributed by atoms with E-state index in [0.717, 1.165) is 31.5 Å². The summed E-state index contributed by atoms with van der Waals surface area (Å²) >= 11 is 0. The molecule has 2 atom stereocenters. The van der Waals surface area contributed by atoms with Crippen molar-refractivity contribution < 1.29 is 5.11 Å². The molecule has 0 aliphatic heterocycles. The van der Waals surface area contributed by atoms with Crippen LogP contribution in [0.2, 0.25) is 0 Å². The third-order valence-electron chi connectivity index (χ3n) is 3.27. The van der Waals surface area contributed by atoms with E-state index in [2.05, 4.69) is 5.32 Å². The molecule has 0 amide bonds. The second-order valence-corrected chi connectivity index (χ2v) is 4.48. The first-order chi connectivity index (χ1) is 7.66. The van der Waals surface area contributed by atoms with Crippen LogP contribution in [0.15, 0.2) is 18.2 Å². The summed E-state index contributed by atoms with van der Waals surface area (Å²) in [7, 11) is 0. The Balaban J connectivity index is 1.91. The van der Waals surface area contributed by atoms with Crippen LogP contribution in [0.1, 0.15) is 19.3 Å². The summed E-state index contributed by atoms with van der Waals surface area (Å²) in [5.74, 6) is 0.360. The summed E-state index contributed by atoms with van der Waals surface area (Å²) in [6, 6.07) is 5.53. The summed E-state index contributed by atoms with van der Waals surface area (Å²) in [5.41, 5.74) is 13.5. The van der Waals surface area contributed by atoms with Gasteiger partial charge >= 0.3 is 0 Å². The molecule has 0 heterocycles. The molecule has 0 bridgehead atoms. The molecular formula is C12H19N3O. The van der Waals surface area contributed by atoms with Gasteiger partial charge in [0.05, 0.1) is 17.5 Å². The smallest absolute Gasteiger partial charge is 0.0585 e. The Bertz CT molecular complexity index is 367. The number of benzene rings is 1. The maximum Gasteiger partial charge on any atom is 0.0585 e. The van der Waals surface area contributed by atoms with E-state index in [0.29, 0.717) is 17.3 Å². The number of rotatable bonds is 3. The standard InChI is InChI=1S/C12H19N3O/c13-10-5-4-9(6-11(10)14)15-7-8-2-1-3-12(8)16/h4-6,8,12,15-16H,1-3,7,13-14H2. The third-order valence-corrected chi connectivity index (χ3v) is 3.27. The topological polar surface area (TPSA) is 84.3 Å². The zero-order chi connectivity index (χ0) is 11.5. The first kappa shape index (κ1) is 11.1. The Hall–Kier alpha value is -1.42. The van der Waals surface area contributed by atoms with Crippen molar-refractivity contribution in [2.45, 2.75) is 25.4 Å². The summed E-state index contributed by atoms with van der Waals surface area (Å²) in [5, 5.41) is 13.0. The highest BCUT2D eigenvalue weighted by molar-refractivity contribution is 5.69. The molecule has 16 heavy (non-hydrogen) atoms. The molecule has 0 aromatic heterocycles. The van der Waals surface area contributed by atoms with Gasteiger partial charge in [-0.05, 0) is 31.0 Å². The van der Waals surface area contributed by atoms with Gasteiger partial charge in [-0.15, -0.1) is 0 Å². The average Bonchev–Trinajstić information content (AvgIpc) is 2.66. The van der Waals surface area contributed by atoms with Crippen molar-refractivity contribution in [3.63, 3.8) is 0 Å². The Morgan fingerprint density at radius 2 is 2.06 bits per heavy atom. The zero-order valence-corrected chi connectivity index (χ0v) is 9.32. The minimum atomic E-state index is -0.154. The Morgan fingerprint density at radius 1 is 1.25 bits per heavy atom. The predicted octanol–water partition coefficient (Wildman–Crippen LogP) is 1.42. The van der Waals surface area contributed by atoms with E-state index >= 15 is 0 Å². The van der Waals surface area contributed by atoms with Crippen LogP contribution in [0.4, 0.5) is 17.1 Å². The van der Waals surface area contributed by atoms with Gasteiger partial charge in [0.15, 0.2) is 0 Å². The molecule has 0 radical (unpaired) electrons. The van der Waals surface area contributed by atoms with Crippen LogP contribution in [0, 0.1) is 5.92 Å². The van der Waals surface area contributed by atoms with Gasteiger partial charge < -0.3 is 21.9 Å². The Morgan fingerprint density at radius 3 is 2.69 bits per heavy atom. The fraction of sp³-hybridized carbons (Fsp3) is 0.500. The second-order valence-electron chi connectivity index (χ2n) is 4.48. The lowest BCUT2D eigenvalue weighted by Gasteiger charge is -2.16. The molecule has 0 spiro atoms. The minimum absolute atomic E-state index is 0.154. The summed E-state index contributed by atoms with van der Waals surface area (Å²) in [6.45, 7) is 0.796. The number of aliphatic hydroxyl groups is 1. The fourth-order valence-electron chi connectivity index (χ4n) is 2.19. The molecule has 1 fully saturated rings. The average molecular weight is 221 g/mol. The van der Waals surface area contributed by atoms with Crippen LogP contribution in [-0.2, 0) is 0 Å². The van der Waals surface area contributed by atoms with E-state index in [1.54, 1.807) is 6.07 Å². The quantitative estimate of drug-likeness (QED) is 0.582. The molecule has 1 aliphatic carbocycles. The van der Waals surface area contributed by atoms with Gasteiger partial charge in [0.25, 0.3) is 0 Å². The molecule has 0 saturated heterocycles. The van der Waals surface area contributed by atoms with Crippen LogP contribution in [0.3, 0.4) is 0 Å². The van der Waals surface area contributed by atoms with Gasteiger partial charge in [-0.3, -0.25) is 0 Å². The number of nitrogens with one attached hydrogen (secondary N) is 1. The van der Waals surface area contributed by atoms with Crippen LogP contribution in [0.5, 0.6) is 0 Å². The van der Waals surface area contributed by atoms with Crippen molar-refractivity contribution in [1.82, 2.24) is 0 Å². The van der Waals surface area contributed by atoms with E-state index in [1.165, 1.54) is 0 Å². The van der Waals surface area contributed by atoms with Crippen molar-refractivity contribution >= 4 is 17.1 Å². The lowest BCUT2D eigenvalue weighted by Crippen LogP contribution is -2.21. The maximum atomic E-state index is 9.68. The number of aliphatic hydroxyl groups excluding tert-OH is 1. The van der Waals surface area contributed by atoms with E-state index in [1.807, 2.05) is 12.1 Å². The number of nitrogens with two attached hydrogens (primary N) is 2. The van der Waals surface area contributed by atoms with E-state index in [4.69, 9.17) is 11.5 Å². The van der Waals surface area contributed by atoms with Crippen molar-refractivity contribution in [3.8, 4) is 0 Å². The molecule has 1 saturated carbocycles. The first-order valence-electron chi connectivity index (χ1n) is 5.74. The molecule has 1 aromatic carbocycles. The van der Waals surface area contributed by atoms with E-state index in [-0.39, 0.29) is 6.10 Å². The van der Waals surface area contributed by atoms with Crippen molar-refractivity contribution in [2.24, 2.45) is 5.92 Å². The summed E-state index contributed by atoms with van der Waals surface area (Å²) in [4.78, 5) is 0. The molecule has 1 aliphatic rings. The maximum absolute atomic E-state index is 9.68. The van der Waals surface area contributed by atoms with Crippen LogP contribution < -0.4 is 16.8 Å². The molecule has 1 aromatic rings. The van der Waals surface area contributed by atoms with Gasteiger partial charge in [0, 0.05) is 18.2 Å². The second kappa shape index (κ2) is 4.61. The number of hydrogen-bond donors (Lipinski definition) is 4. The van der Waals surface area contributed by atoms with Crippen LogP contribution >= 0.6 is 0 Å². The number of anilines is 3. The number of hydrogen-bond acceptors (Lipinski definition) is 4. The van der Waals surface area contributed by atoms with Gasteiger partial charge in [-0.2, -0.15) is 0 Å². The van der Waals surface area contributed by atoms with Crippen LogP contribution in [0.25, 0.3) is 0 Å². The number of nitrogen functional groups attached to an aromatic ring is 2. The van der Waals surface area contributed by atoms with Crippen molar-refractivity contribution in [1.29, 1.82) is 0 Å². The summed E-state index contributed by atoms with van der Waals surface area (Å²) < 4.78 is 0. The van der Waals surface area contributed by atoms with E-state index < -0.39 is 0 Å². The van der Waals surface area contributed by atoms with Crippen molar-refractivity contribution in [3.05, 3.63) is 18.2 Å². The zero-order valence-electron chi connectivity index (χ0n) is 9.32. The third kappa shape index (κ3) is 2.39. The Labute approximate surface area is 95.6 Å². The first-order valence-corrected chi connectivity index (χ1v) is 5.74. The lowest BCUT2D eigenvalue weighted by atomic mass is 10.1. The molecular weight excluding hydrogens is 202 g/mol. The largest absolute Gasteiger partial charge is 0.397 e. The lowest BCUT2D eigenvalue weighted by molar-refractivity contribution is 0.138. The van der Waals surface area contributed by atoms with Gasteiger partial charge in [0.1, 0.15) is 0 Å². The highest BCUT2D eigenvalue weighted by Gasteiger charge is 2.24. The molecule has 4 heteroatoms. The van der Waals surface area contributed by atoms with E-state index in [9.17, 15) is 5.11 Å². The van der Waals surface area contributed by atoms with Crippen molar-refractivity contribution in [2.75, 3.05) is 23.3 Å². The Kier molecular flexibility index (Phi) is 3.19. The van der Waals surface area contributed by atoms with Crippen LogP contribution in [-0.4, -0.2) is 17.8 Å². The molecule has 2 unspecified atom stereocenters. The molecule has 4 nitrogen and oxygen atoms in total.